The Morgan fingerprint density at radius 2 is 1.95 bits per heavy atom. The third-order valence-electron chi connectivity index (χ3n) is 2.07. The third kappa shape index (κ3) is 8.39. The average Bonchev–Trinajstić information content (AvgIpc) is 2.43. The maximum atomic E-state index is 11.8. The van der Waals surface area contributed by atoms with E-state index < -0.39 is 0 Å². The second-order valence-corrected chi connectivity index (χ2v) is 6.37. The van der Waals surface area contributed by atoms with Crippen molar-refractivity contribution in [2.24, 2.45) is 0 Å². The van der Waals surface area contributed by atoms with Crippen LogP contribution in [-0.4, -0.2) is 5.97 Å². The summed E-state index contributed by atoms with van der Waals surface area (Å²) in [5.74, 6) is -0.00306. The summed E-state index contributed by atoms with van der Waals surface area (Å²) in [5, 5.41) is 0. The molecule has 0 saturated heterocycles. The fraction of sp³-hybridized carbons (Fsp3) is 0.188. The molecule has 0 radical (unpaired) electrons. The lowest BCUT2D eigenvalue weighted by atomic mass is 10.1. The van der Waals surface area contributed by atoms with E-state index in [4.69, 9.17) is 4.74 Å². The number of benzene rings is 1. The standard InChI is InChI=1S/C14H11Br3O2.C2H6/c1-3-12(6-9(2)15)19-14(18)8-10-7-11(16)4-5-13(10)17;1-2/h3-7H,1-2,8H2;1-2H3/b12-6+;. The number of carbonyl (C=O) groups is 1. The first-order valence-corrected chi connectivity index (χ1v) is 8.63. The zero-order chi connectivity index (χ0) is 16.4. The molecule has 0 N–H and O–H groups in total. The molecule has 5 heteroatoms. The summed E-state index contributed by atoms with van der Waals surface area (Å²) in [6, 6.07) is 5.63. The Morgan fingerprint density at radius 3 is 2.48 bits per heavy atom. The van der Waals surface area contributed by atoms with Crippen molar-refractivity contribution in [2.45, 2.75) is 20.3 Å². The van der Waals surface area contributed by atoms with Crippen LogP contribution in [0.3, 0.4) is 0 Å². The van der Waals surface area contributed by atoms with Crippen LogP contribution in [0.5, 0.6) is 0 Å². The van der Waals surface area contributed by atoms with E-state index in [9.17, 15) is 4.79 Å². The van der Waals surface area contributed by atoms with Crippen LogP contribution >= 0.6 is 47.8 Å². The van der Waals surface area contributed by atoms with E-state index in [2.05, 4.69) is 60.9 Å². The molecule has 0 atom stereocenters. The molecule has 21 heavy (non-hydrogen) atoms. The molecule has 0 unspecified atom stereocenters. The van der Waals surface area contributed by atoms with Gasteiger partial charge in [-0.2, -0.15) is 0 Å². The number of carbonyl (C=O) groups excluding carboxylic acids is 1. The summed E-state index contributed by atoms with van der Waals surface area (Å²) >= 11 is 9.93. The van der Waals surface area contributed by atoms with Gasteiger partial charge in [0.2, 0.25) is 0 Å². The molecule has 0 aliphatic rings. The monoisotopic (exact) mass is 478 g/mol. The maximum absolute atomic E-state index is 11.8. The highest BCUT2D eigenvalue weighted by atomic mass is 79.9. The van der Waals surface area contributed by atoms with Gasteiger partial charge < -0.3 is 4.74 Å². The molecule has 0 heterocycles. The van der Waals surface area contributed by atoms with Crippen molar-refractivity contribution in [3.8, 4) is 0 Å². The Kier molecular flexibility index (Phi) is 10.6. The molecule has 1 rings (SSSR count). The minimum absolute atomic E-state index is 0.167. The van der Waals surface area contributed by atoms with Gasteiger partial charge >= 0.3 is 5.97 Å². The van der Waals surface area contributed by atoms with Gasteiger partial charge in [-0.1, -0.05) is 74.8 Å². The van der Waals surface area contributed by atoms with Gasteiger partial charge in [-0.25, -0.2) is 0 Å². The van der Waals surface area contributed by atoms with Crippen LogP contribution in [0.15, 0.2) is 62.7 Å². The number of halogens is 3. The topological polar surface area (TPSA) is 26.3 Å². The molecule has 0 bridgehead atoms. The highest BCUT2D eigenvalue weighted by Gasteiger charge is 2.10. The quantitative estimate of drug-likeness (QED) is 0.281. The Balaban J connectivity index is 0.00000191. The highest BCUT2D eigenvalue weighted by molar-refractivity contribution is 9.12. The van der Waals surface area contributed by atoms with Crippen molar-refractivity contribution in [2.75, 3.05) is 0 Å². The van der Waals surface area contributed by atoms with Crippen LogP contribution in [-0.2, 0) is 16.0 Å². The summed E-state index contributed by atoms with van der Waals surface area (Å²) < 4.78 is 7.57. The van der Waals surface area contributed by atoms with E-state index in [0.29, 0.717) is 10.2 Å². The van der Waals surface area contributed by atoms with Crippen molar-refractivity contribution >= 4 is 53.8 Å². The van der Waals surface area contributed by atoms with Gasteiger partial charge in [0.15, 0.2) is 0 Å². The van der Waals surface area contributed by atoms with Crippen molar-refractivity contribution in [3.05, 3.63) is 68.3 Å². The molecule has 1 aromatic carbocycles. The van der Waals surface area contributed by atoms with E-state index in [-0.39, 0.29) is 12.4 Å². The van der Waals surface area contributed by atoms with Crippen molar-refractivity contribution in [3.63, 3.8) is 0 Å². The number of esters is 1. The van der Waals surface area contributed by atoms with Crippen molar-refractivity contribution < 1.29 is 9.53 Å². The molecular weight excluding hydrogens is 464 g/mol. The molecule has 0 fully saturated rings. The number of allylic oxidation sites excluding steroid dienone is 3. The van der Waals surface area contributed by atoms with Crippen LogP contribution in [0, 0.1) is 0 Å². The normalized spacial score (nSPS) is 10.2. The van der Waals surface area contributed by atoms with Gasteiger partial charge in [0.25, 0.3) is 0 Å². The fourth-order valence-electron chi connectivity index (χ4n) is 1.29. The maximum Gasteiger partial charge on any atom is 0.315 e. The SMILES string of the molecule is C=C/C(=C\C(=C)Br)OC(=O)Cc1cc(Br)ccc1Br.CC. The Bertz CT molecular complexity index is 548. The van der Waals surface area contributed by atoms with Crippen molar-refractivity contribution in [1.82, 2.24) is 0 Å². The molecule has 2 nitrogen and oxygen atoms in total. The Morgan fingerprint density at radius 1 is 1.33 bits per heavy atom. The largest absolute Gasteiger partial charge is 0.426 e. The summed E-state index contributed by atoms with van der Waals surface area (Å²) in [7, 11) is 0. The third-order valence-corrected chi connectivity index (χ3v) is 3.57. The second-order valence-electron chi connectivity index (χ2n) is 3.58. The van der Waals surface area contributed by atoms with Crippen LogP contribution in [0.1, 0.15) is 19.4 Å². The predicted octanol–water partition coefficient (Wildman–Crippen LogP) is 6.30. The van der Waals surface area contributed by atoms with Gasteiger partial charge in [0.05, 0.1) is 6.42 Å². The van der Waals surface area contributed by atoms with Gasteiger partial charge in [-0.05, 0) is 35.9 Å². The minimum atomic E-state index is -0.362. The fourth-order valence-corrected chi connectivity index (χ4v) is 2.31. The lowest BCUT2D eigenvalue weighted by Crippen LogP contribution is -2.07. The first-order chi connectivity index (χ1) is 9.92. The van der Waals surface area contributed by atoms with Crippen LogP contribution in [0.4, 0.5) is 0 Å². The van der Waals surface area contributed by atoms with E-state index in [1.807, 2.05) is 32.0 Å². The first-order valence-electron chi connectivity index (χ1n) is 6.25. The number of rotatable bonds is 5. The van der Waals surface area contributed by atoms with Gasteiger partial charge in [-0.15, -0.1) is 0 Å². The molecule has 0 amide bonds. The number of ether oxygens (including phenoxy) is 1. The van der Waals surface area contributed by atoms with Crippen LogP contribution in [0.2, 0.25) is 0 Å². The minimum Gasteiger partial charge on any atom is -0.426 e. The highest BCUT2D eigenvalue weighted by Crippen LogP contribution is 2.22. The Hall–Kier alpha value is -0.650. The summed E-state index contributed by atoms with van der Waals surface area (Å²) in [6.07, 6.45) is 3.21. The molecule has 114 valence electrons. The van der Waals surface area contributed by atoms with Gasteiger partial charge in [-0.3, -0.25) is 4.79 Å². The molecule has 0 aromatic heterocycles. The van der Waals surface area contributed by atoms with E-state index in [0.717, 1.165) is 14.5 Å². The van der Waals surface area contributed by atoms with Crippen LogP contribution < -0.4 is 0 Å². The smallest absolute Gasteiger partial charge is 0.315 e. The molecule has 0 aliphatic heterocycles. The lowest BCUT2D eigenvalue weighted by Gasteiger charge is -2.07. The summed E-state index contributed by atoms with van der Waals surface area (Å²) in [5.41, 5.74) is 0.848. The Labute approximate surface area is 151 Å². The number of hydrogen-bond acceptors (Lipinski definition) is 2. The zero-order valence-electron chi connectivity index (χ0n) is 12.0. The zero-order valence-corrected chi connectivity index (χ0v) is 16.7. The van der Waals surface area contributed by atoms with Crippen LogP contribution in [0.25, 0.3) is 0 Å². The van der Waals surface area contributed by atoms with Gasteiger partial charge in [0.1, 0.15) is 5.76 Å². The lowest BCUT2D eigenvalue weighted by molar-refractivity contribution is -0.138. The molecule has 0 spiro atoms. The summed E-state index contributed by atoms with van der Waals surface area (Å²) in [6.45, 7) is 11.2. The van der Waals surface area contributed by atoms with E-state index >= 15 is 0 Å². The molecular formula is C16H17Br3O2. The van der Waals surface area contributed by atoms with Gasteiger partial charge in [0, 0.05) is 13.4 Å². The van der Waals surface area contributed by atoms with E-state index in [1.165, 1.54) is 6.08 Å². The predicted molar refractivity (Wildman–Crippen MR) is 99.3 cm³/mol. The molecule has 0 saturated carbocycles. The van der Waals surface area contributed by atoms with E-state index in [1.54, 1.807) is 6.08 Å². The molecule has 0 aliphatic carbocycles. The molecule has 1 aromatic rings. The van der Waals surface area contributed by atoms with Crippen molar-refractivity contribution in [1.29, 1.82) is 0 Å². The number of hydrogen-bond donors (Lipinski definition) is 0. The summed E-state index contributed by atoms with van der Waals surface area (Å²) in [4.78, 5) is 11.8. The second kappa shape index (κ2) is 11.0. The average molecular weight is 481 g/mol. The first kappa shape index (κ1) is 20.3.